The first-order chi connectivity index (χ1) is 19.0. The molecule has 1 aliphatic heterocycles. The molecule has 0 bridgehead atoms. The molecule has 2 aliphatic rings. The molecule has 1 aromatic carbocycles. The van der Waals surface area contributed by atoms with E-state index in [1.165, 1.54) is 44.2 Å². The maximum Gasteiger partial charge on any atom is 0.331 e. The zero-order valence-corrected chi connectivity index (χ0v) is 22.3. The number of aromatic hydroxyl groups is 1. The summed E-state index contributed by atoms with van der Waals surface area (Å²) in [5.74, 6) is -1.18. The second-order valence-electron chi connectivity index (χ2n) is 9.61. The molecule has 0 spiro atoms. The standard InChI is InChI=1S/C29H36N2O8/c1-19-27(37-16-14-20-9-5-3-6-10-20)24(39-21-11-7-4-8-12-21)18-36-17-22(29(34)38-19)31-28(33)25-26(32)23(35-2)13-15-30-25/h4,7-8,11-15,19,22,24,27,32H,3,5-6,9-10,16-18H2,1-2H3,(H,31,33)/t19-,22-,24-,27-/m0/s1. The Bertz CT molecular complexity index is 1130. The fraction of sp³-hybridized carbons (Fsp3) is 0.483. The lowest BCUT2D eigenvalue weighted by Crippen LogP contribution is -2.47. The van der Waals surface area contributed by atoms with Crippen molar-refractivity contribution in [2.75, 3.05) is 26.9 Å². The van der Waals surface area contributed by atoms with Gasteiger partial charge in [-0.3, -0.25) is 4.79 Å². The van der Waals surface area contributed by atoms with Crippen LogP contribution in [0, 0.1) is 0 Å². The van der Waals surface area contributed by atoms with Crippen molar-refractivity contribution in [1.29, 1.82) is 0 Å². The van der Waals surface area contributed by atoms with Crippen molar-refractivity contribution in [2.45, 2.75) is 63.4 Å². The van der Waals surface area contributed by atoms with Crippen LogP contribution in [-0.4, -0.2) is 73.3 Å². The predicted molar refractivity (Wildman–Crippen MR) is 142 cm³/mol. The van der Waals surface area contributed by atoms with Crippen LogP contribution in [0.25, 0.3) is 0 Å². The van der Waals surface area contributed by atoms with Gasteiger partial charge in [-0.25, -0.2) is 9.78 Å². The van der Waals surface area contributed by atoms with E-state index in [4.69, 9.17) is 23.7 Å². The molecule has 2 aromatic rings. The second-order valence-corrected chi connectivity index (χ2v) is 9.61. The molecule has 0 radical (unpaired) electrons. The van der Waals surface area contributed by atoms with Gasteiger partial charge < -0.3 is 34.1 Å². The number of amides is 1. The van der Waals surface area contributed by atoms with Gasteiger partial charge in [-0.05, 0) is 44.7 Å². The molecule has 39 heavy (non-hydrogen) atoms. The van der Waals surface area contributed by atoms with Crippen LogP contribution >= 0.6 is 0 Å². The van der Waals surface area contributed by atoms with Crippen LogP contribution in [0.1, 0.15) is 49.5 Å². The molecule has 1 saturated carbocycles. The number of allylic oxidation sites excluding steroid dienone is 1. The summed E-state index contributed by atoms with van der Waals surface area (Å²) in [6.45, 7) is 2.01. The van der Waals surface area contributed by atoms with Gasteiger partial charge in [0, 0.05) is 12.3 Å². The lowest BCUT2D eigenvalue weighted by molar-refractivity contribution is -0.161. The van der Waals surface area contributed by atoms with Crippen LogP contribution in [0.5, 0.6) is 17.2 Å². The zero-order valence-electron chi connectivity index (χ0n) is 22.3. The summed E-state index contributed by atoms with van der Waals surface area (Å²) in [5, 5.41) is 12.8. The molecule has 2 heterocycles. The molecule has 4 atom stereocenters. The number of carbonyl (C=O) groups excluding carboxylic acids is 2. The van der Waals surface area contributed by atoms with Crippen molar-refractivity contribution in [3.8, 4) is 17.2 Å². The van der Waals surface area contributed by atoms with Gasteiger partial charge in [-0.2, -0.15) is 0 Å². The van der Waals surface area contributed by atoms with E-state index in [0.29, 0.717) is 12.4 Å². The van der Waals surface area contributed by atoms with E-state index in [-0.39, 0.29) is 24.7 Å². The highest BCUT2D eigenvalue weighted by atomic mass is 16.6. The van der Waals surface area contributed by atoms with Crippen molar-refractivity contribution < 1.29 is 38.4 Å². The molecule has 2 N–H and O–H groups in total. The molecule has 4 rings (SSSR count). The van der Waals surface area contributed by atoms with Crippen LogP contribution in [0.15, 0.2) is 54.2 Å². The number of aromatic nitrogens is 1. The smallest absolute Gasteiger partial charge is 0.331 e. The summed E-state index contributed by atoms with van der Waals surface area (Å²) in [5.41, 5.74) is 1.10. The number of hydrogen-bond donors (Lipinski definition) is 2. The van der Waals surface area contributed by atoms with E-state index < -0.39 is 42.0 Å². The lowest BCUT2D eigenvalue weighted by atomic mass is 9.95. The summed E-state index contributed by atoms with van der Waals surface area (Å²) < 4.78 is 29.1. The Hall–Kier alpha value is -3.63. The molecule has 10 nitrogen and oxygen atoms in total. The number of rotatable bonds is 8. The molecular weight excluding hydrogens is 504 g/mol. The molecule has 1 aromatic heterocycles. The van der Waals surface area contributed by atoms with Gasteiger partial charge in [-0.1, -0.05) is 36.3 Å². The summed E-state index contributed by atoms with van der Waals surface area (Å²) in [7, 11) is 1.36. The van der Waals surface area contributed by atoms with Crippen LogP contribution in [0.3, 0.4) is 0 Å². The topological polar surface area (TPSA) is 125 Å². The SMILES string of the molecule is COc1ccnc(C(=O)N[C@H]2COC[C@H](Oc3ccccc3)[C@@H](OCC=C3CCCCC3)[C@H](C)OC2=O)c1O. The monoisotopic (exact) mass is 540 g/mol. The number of carbonyl (C=O) groups is 2. The Morgan fingerprint density at radius 1 is 1.15 bits per heavy atom. The Morgan fingerprint density at radius 2 is 1.92 bits per heavy atom. The van der Waals surface area contributed by atoms with E-state index in [0.717, 1.165) is 12.8 Å². The van der Waals surface area contributed by atoms with Crippen LogP contribution in [-0.2, 0) is 19.0 Å². The molecule has 0 unspecified atom stereocenters. The van der Waals surface area contributed by atoms with Crippen molar-refractivity contribution in [3.05, 3.63) is 59.9 Å². The zero-order chi connectivity index (χ0) is 27.6. The van der Waals surface area contributed by atoms with Gasteiger partial charge in [0.2, 0.25) is 0 Å². The first-order valence-electron chi connectivity index (χ1n) is 13.3. The van der Waals surface area contributed by atoms with E-state index in [1.807, 2.05) is 30.3 Å². The van der Waals surface area contributed by atoms with Gasteiger partial charge >= 0.3 is 5.97 Å². The lowest BCUT2D eigenvalue weighted by Gasteiger charge is -2.30. The Labute approximate surface area is 228 Å². The van der Waals surface area contributed by atoms with Gasteiger partial charge in [-0.15, -0.1) is 0 Å². The van der Waals surface area contributed by atoms with E-state index >= 15 is 0 Å². The molecule has 10 heteroatoms. The fourth-order valence-electron chi connectivity index (χ4n) is 4.70. The number of methoxy groups -OCH3 is 1. The minimum atomic E-state index is -1.15. The summed E-state index contributed by atoms with van der Waals surface area (Å²) in [6.07, 6.45) is 7.28. The van der Waals surface area contributed by atoms with Gasteiger partial charge in [0.1, 0.15) is 18.0 Å². The normalized spacial score (nSPS) is 23.9. The minimum absolute atomic E-state index is 0.0844. The highest BCUT2D eigenvalue weighted by Crippen LogP contribution is 2.28. The largest absolute Gasteiger partial charge is 0.503 e. The Kier molecular flexibility index (Phi) is 10.2. The van der Waals surface area contributed by atoms with Crippen molar-refractivity contribution in [2.24, 2.45) is 0 Å². The number of pyridine rings is 1. The Balaban J connectivity index is 1.49. The minimum Gasteiger partial charge on any atom is -0.503 e. The molecular formula is C29H36N2O8. The number of nitrogens with zero attached hydrogens (tertiary/aromatic N) is 1. The quantitative estimate of drug-likeness (QED) is 0.382. The maximum atomic E-state index is 13.1. The molecule has 210 valence electrons. The van der Waals surface area contributed by atoms with Gasteiger partial charge in [0.05, 0.1) is 26.9 Å². The summed E-state index contributed by atoms with van der Waals surface area (Å²) in [4.78, 5) is 29.9. The van der Waals surface area contributed by atoms with E-state index in [1.54, 1.807) is 6.92 Å². The third-order valence-corrected chi connectivity index (χ3v) is 6.80. The maximum absolute atomic E-state index is 13.1. The van der Waals surface area contributed by atoms with Gasteiger partial charge in [0.25, 0.3) is 5.91 Å². The van der Waals surface area contributed by atoms with Crippen LogP contribution in [0.4, 0.5) is 0 Å². The van der Waals surface area contributed by atoms with Crippen molar-refractivity contribution >= 4 is 11.9 Å². The number of para-hydroxylation sites is 1. The third-order valence-electron chi connectivity index (χ3n) is 6.80. The predicted octanol–water partition coefficient (Wildman–Crippen LogP) is 3.58. The number of nitrogens with one attached hydrogen (secondary N) is 1. The molecule has 1 saturated heterocycles. The Morgan fingerprint density at radius 3 is 2.67 bits per heavy atom. The second kappa shape index (κ2) is 14.0. The van der Waals surface area contributed by atoms with E-state index in [2.05, 4.69) is 16.4 Å². The number of ether oxygens (including phenoxy) is 5. The third kappa shape index (κ3) is 7.70. The number of hydrogen-bond acceptors (Lipinski definition) is 9. The fourth-order valence-corrected chi connectivity index (χ4v) is 4.70. The molecule has 1 amide bonds. The van der Waals surface area contributed by atoms with E-state index in [9.17, 15) is 14.7 Å². The van der Waals surface area contributed by atoms with Crippen molar-refractivity contribution in [1.82, 2.24) is 10.3 Å². The van der Waals surface area contributed by atoms with Gasteiger partial charge in [0.15, 0.2) is 29.3 Å². The highest BCUT2D eigenvalue weighted by molar-refractivity contribution is 5.98. The molecule has 1 aliphatic carbocycles. The first kappa shape index (κ1) is 28.4. The average Bonchev–Trinajstić information content (AvgIpc) is 2.99. The first-order valence-corrected chi connectivity index (χ1v) is 13.3. The van der Waals surface area contributed by atoms with Crippen molar-refractivity contribution in [3.63, 3.8) is 0 Å². The summed E-state index contributed by atoms with van der Waals surface area (Å²) in [6, 6.07) is 9.57. The number of benzene rings is 1. The number of esters is 1. The number of cyclic esters (lactones) is 1. The highest BCUT2D eigenvalue weighted by Gasteiger charge is 2.37. The summed E-state index contributed by atoms with van der Waals surface area (Å²) >= 11 is 0. The molecule has 2 fully saturated rings. The van der Waals surface area contributed by atoms with Crippen LogP contribution in [0.2, 0.25) is 0 Å². The van der Waals surface area contributed by atoms with Crippen LogP contribution < -0.4 is 14.8 Å². The average molecular weight is 541 g/mol.